The molecule has 0 N–H and O–H groups in total. The molecule has 25 heavy (non-hydrogen) atoms. The van der Waals surface area contributed by atoms with Gasteiger partial charge in [0.15, 0.2) is 0 Å². The molecule has 1 radical (unpaired) electrons. The Hall–Kier alpha value is -0.771. The second-order valence-electron chi connectivity index (χ2n) is 4.37. The normalized spacial score (nSPS) is 8.76. The van der Waals surface area contributed by atoms with Crippen molar-refractivity contribution < 1.29 is 17.1 Å². The van der Waals surface area contributed by atoms with Crippen LogP contribution in [0.3, 0.4) is 0 Å². The predicted molar refractivity (Wildman–Crippen MR) is 113 cm³/mol. The molecule has 0 nitrogen and oxygen atoms in total. The number of rotatable bonds is 3. The van der Waals surface area contributed by atoms with Gasteiger partial charge in [-0.15, -0.1) is 0 Å². The maximum absolute atomic E-state index is 3.67. The van der Waals surface area contributed by atoms with E-state index >= 15 is 0 Å². The molecular weight excluding hydrogens is 412 g/mol. The van der Waals surface area contributed by atoms with Gasteiger partial charge >= 0.3 is 0 Å². The molecule has 0 aliphatic carbocycles. The molecule has 3 aromatic carbocycles. The molecule has 0 aliphatic heterocycles. The van der Waals surface area contributed by atoms with Crippen molar-refractivity contribution in [3.8, 4) is 0 Å². The van der Waals surface area contributed by atoms with E-state index in [9.17, 15) is 0 Å². The fraction of sp³-hybridized carbons (Fsp3) is 0. The Bertz CT molecular complexity index is 537. The molecule has 3 aromatic rings. The van der Waals surface area contributed by atoms with Crippen LogP contribution in [0, 0.1) is 18.8 Å². The van der Waals surface area contributed by atoms with Crippen LogP contribution in [0.4, 0.5) is 0 Å². The molecule has 0 heterocycles. The first kappa shape index (κ1) is 24.2. The minimum atomic E-state index is 0. The molecule has 0 fully saturated rings. The Labute approximate surface area is 176 Å². The van der Waals surface area contributed by atoms with Gasteiger partial charge < -0.3 is 35.3 Å². The molecule has 0 spiro atoms. The standard InChI is InChI=1S/3C7H7S.Cu/c3*1-8-7-5-3-2-4-6-7;/h3*2-6H,1H2;/q3*-1;. The first-order valence-electron chi connectivity index (χ1n) is 7.21. The maximum atomic E-state index is 3.67. The van der Waals surface area contributed by atoms with Gasteiger partial charge in [-0.3, -0.25) is 18.8 Å². The summed E-state index contributed by atoms with van der Waals surface area (Å²) in [6.07, 6.45) is 11.0. The summed E-state index contributed by atoms with van der Waals surface area (Å²) in [5.74, 6) is 0. The van der Waals surface area contributed by atoms with Crippen LogP contribution >= 0.6 is 35.3 Å². The van der Waals surface area contributed by atoms with Crippen molar-refractivity contribution in [2.45, 2.75) is 14.7 Å². The topological polar surface area (TPSA) is 0 Å². The number of hydrogen-bond donors (Lipinski definition) is 0. The summed E-state index contributed by atoms with van der Waals surface area (Å²) in [5.41, 5.74) is 0. The molecule has 0 saturated carbocycles. The van der Waals surface area contributed by atoms with E-state index in [2.05, 4.69) is 18.8 Å². The van der Waals surface area contributed by atoms with Crippen LogP contribution in [-0.2, 0) is 17.1 Å². The summed E-state index contributed by atoms with van der Waals surface area (Å²) < 4.78 is 0. The van der Waals surface area contributed by atoms with E-state index in [0.717, 1.165) is 0 Å². The van der Waals surface area contributed by atoms with Gasteiger partial charge in [0.1, 0.15) is 0 Å². The van der Waals surface area contributed by atoms with E-state index in [0.29, 0.717) is 0 Å². The largest absolute Gasteiger partial charge is 0.319 e. The van der Waals surface area contributed by atoms with Crippen molar-refractivity contribution in [3.63, 3.8) is 0 Å². The Morgan fingerprint density at radius 3 is 0.720 bits per heavy atom. The molecule has 0 saturated heterocycles. The summed E-state index contributed by atoms with van der Waals surface area (Å²) in [6, 6.07) is 30.3. The van der Waals surface area contributed by atoms with Crippen LogP contribution in [0.5, 0.6) is 0 Å². The quantitative estimate of drug-likeness (QED) is 0.236. The first-order valence-corrected chi connectivity index (χ1v) is 10.2. The number of hydrogen-bond acceptors (Lipinski definition) is 3. The average Bonchev–Trinajstić information content (AvgIpc) is 2.71. The summed E-state index contributed by atoms with van der Waals surface area (Å²) >= 11 is 4.56. The van der Waals surface area contributed by atoms with Gasteiger partial charge in [-0.1, -0.05) is 91.0 Å². The third-order valence-electron chi connectivity index (χ3n) is 2.73. The minimum Gasteiger partial charge on any atom is -0.319 e. The molecule has 137 valence electrons. The number of benzene rings is 3. The molecule has 0 bridgehead atoms. The fourth-order valence-corrected chi connectivity index (χ4v) is 2.60. The Morgan fingerprint density at radius 2 is 0.600 bits per heavy atom. The summed E-state index contributed by atoms with van der Waals surface area (Å²) in [6.45, 7) is 0. The van der Waals surface area contributed by atoms with E-state index in [4.69, 9.17) is 0 Å². The molecule has 0 unspecified atom stereocenters. The van der Waals surface area contributed by atoms with Crippen LogP contribution in [0.15, 0.2) is 106 Å². The van der Waals surface area contributed by atoms with Gasteiger partial charge in [-0.05, 0) is 14.7 Å². The zero-order chi connectivity index (χ0) is 17.5. The smallest absolute Gasteiger partial charge is 0 e. The second kappa shape index (κ2) is 16.7. The van der Waals surface area contributed by atoms with Gasteiger partial charge in [0.2, 0.25) is 0 Å². The van der Waals surface area contributed by atoms with Crippen molar-refractivity contribution in [2.75, 3.05) is 0 Å². The second-order valence-corrected chi connectivity index (χ2v) is 6.65. The van der Waals surface area contributed by atoms with Crippen molar-refractivity contribution in [1.29, 1.82) is 0 Å². The summed E-state index contributed by atoms with van der Waals surface area (Å²) in [7, 11) is 0. The molecule has 3 rings (SSSR count). The van der Waals surface area contributed by atoms with Gasteiger partial charge in [0.25, 0.3) is 0 Å². The minimum absolute atomic E-state index is 0. The predicted octanol–water partition coefficient (Wildman–Crippen LogP) is 7.71. The zero-order valence-corrected chi connectivity index (χ0v) is 17.2. The average molecular weight is 433 g/mol. The molecule has 0 aliphatic rings. The van der Waals surface area contributed by atoms with Crippen LogP contribution in [0.25, 0.3) is 0 Å². The van der Waals surface area contributed by atoms with E-state index in [1.165, 1.54) is 50.0 Å². The van der Waals surface area contributed by atoms with E-state index in [1.54, 1.807) is 0 Å². The van der Waals surface area contributed by atoms with Crippen LogP contribution < -0.4 is 0 Å². The molecule has 4 heteroatoms. The van der Waals surface area contributed by atoms with Crippen LogP contribution in [-0.4, -0.2) is 0 Å². The molecule has 0 aromatic heterocycles. The Kier molecular flexibility index (Phi) is 16.2. The molecular formula is C21H21CuS3-3. The molecule has 0 amide bonds. The zero-order valence-electron chi connectivity index (χ0n) is 13.8. The van der Waals surface area contributed by atoms with E-state index in [1.807, 2.05) is 91.0 Å². The van der Waals surface area contributed by atoms with Crippen molar-refractivity contribution in [3.05, 3.63) is 110 Å². The van der Waals surface area contributed by atoms with Crippen LogP contribution in [0.2, 0.25) is 0 Å². The Balaban J connectivity index is 0.000000339. The fourth-order valence-electron chi connectivity index (χ4n) is 1.55. The number of thioether (sulfide) groups is 3. The van der Waals surface area contributed by atoms with Crippen molar-refractivity contribution in [2.24, 2.45) is 0 Å². The van der Waals surface area contributed by atoms with E-state index in [-0.39, 0.29) is 17.1 Å². The van der Waals surface area contributed by atoms with Gasteiger partial charge in [0, 0.05) is 17.1 Å². The van der Waals surface area contributed by atoms with Gasteiger partial charge in [-0.25, -0.2) is 0 Å². The first-order chi connectivity index (χ1) is 11.8. The maximum Gasteiger partial charge on any atom is 0 e. The van der Waals surface area contributed by atoms with Gasteiger partial charge in [0.05, 0.1) is 0 Å². The summed E-state index contributed by atoms with van der Waals surface area (Å²) in [5, 5.41) is 0. The van der Waals surface area contributed by atoms with Crippen molar-refractivity contribution in [1.82, 2.24) is 0 Å². The van der Waals surface area contributed by atoms with Crippen LogP contribution in [0.1, 0.15) is 0 Å². The van der Waals surface area contributed by atoms with Crippen molar-refractivity contribution >= 4 is 35.3 Å². The van der Waals surface area contributed by atoms with E-state index < -0.39 is 0 Å². The SMILES string of the molecule is [CH2-]Sc1ccccc1.[CH2-]Sc1ccccc1.[CH2-]Sc1ccccc1.[Cu]. The monoisotopic (exact) mass is 432 g/mol. The third-order valence-corrected chi connectivity index (χ3v) is 4.55. The molecule has 0 atom stereocenters. The summed E-state index contributed by atoms with van der Waals surface area (Å²) in [4.78, 5) is 3.65. The Morgan fingerprint density at radius 1 is 0.400 bits per heavy atom. The third kappa shape index (κ3) is 12.3. The van der Waals surface area contributed by atoms with Gasteiger partial charge in [-0.2, -0.15) is 0 Å².